The molecule has 1 aromatic carbocycles. The van der Waals surface area contributed by atoms with Gasteiger partial charge in [0.25, 0.3) is 5.91 Å². The first-order valence-electron chi connectivity index (χ1n) is 19.4. The number of carbonyl (C=O) groups is 2. The zero-order valence-electron chi connectivity index (χ0n) is 33.1. The van der Waals surface area contributed by atoms with Crippen LogP contribution in [0.15, 0.2) is 54.6 Å². The molecule has 0 unspecified atom stereocenters. The molecule has 0 saturated heterocycles. The largest absolute Gasteiger partial charge is 0.456 e. The number of rotatable bonds is 6. The predicted octanol–water partition coefficient (Wildman–Crippen LogP) is 10.9. The number of fused-ring (bicyclic) bond motifs is 7. The van der Waals surface area contributed by atoms with Gasteiger partial charge >= 0.3 is 5.97 Å². The number of hydroxylamine groups is 2. The summed E-state index contributed by atoms with van der Waals surface area (Å²) in [5.74, 6) is 2.55. The minimum atomic E-state index is -0.511. The van der Waals surface area contributed by atoms with Crippen LogP contribution in [0.3, 0.4) is 0 Å². The lowest BCUT2D eigenvalue weighted by Gasteiger charge is -2.72. The molecule has 5 aliphatic carbocycles. The maximum Gasteiger partial charge on any atom is 0.338 e. The van der Waals surface area contributed by atoms with Gasteiger partial charge < -0.3 is 4.74 Å². The van der Waals surface area contributed by atoms with E-state index < -0.39 is 5.60 Å². The summed E-state index contributed by atoms with van der Waals surface area (Å²) in [7, 11) is 3.24. The Morgan fingerprint density at radius 1 is 0.900 bits per heavy atom. The molecule has 1 aromatic rings. The molecule has 0 bridgehead atoms. The van der Waals surface area contributed by atoms with Crippen molar-refractivity contribution in [3.63, 3.8) is 0 Å². The Balaban J connectivity index is 1.30. The van der Waals surface area contributed by atoms with E-state index in [1.165, 1.54) is 60.3 Å². The molecule has 5 nitrogen and oxygen atoms in total. The fourth-order valence-corrected chi connectivity index (χ4v) is 13.1. The molecule has 0 aromatic heterocycles. The van der Waals surface area contributed by atoms with E-state index in [0.29, 0.717) is 35.2 Å². The maximum absolute atomic E-state index is 12.9. The summed E-state index contributed by atoms with van der Waals surface area (Å²) < 4.78 is 5.64. The molecule has 50 heavy (non-hydrogen) atoms. The van der Waals surface area contributed by atoms with Gasteiger partial charge in [-0.25, -0.2) is 9.86 Å². The lowest BCUT2D eigenvalue weighted by molar-refractivity contribution is -0.221. The smallest absolute Gasteiger partial charge is 0.338 e. The van der Waals surface area contributed by atoms with Gasteiger partial charge in [0.1, 0.15) is 5.60 Å². The molecule has 1 amide bonds. The minimum absolute atomic E-state index is 0.0183. The van der Waals surface area contributed by atoms with E-state index in [4.69, 9.17) is 9.57 Å². The van der Waals surface area contributed by atoms with Gasteiger partial charge in [0.2, 0.25) is 0 Å². The molecule has 0 radical (unpaired) electrons. The molecule has 274 valence electrons. The molecule has 0 N–H and O–H groups in total. The molecule has 6 rings (SSSR count). The van der Waals surface area contributed by atoms with E-state index in [1.54, 1.807) is 20.2 Å². The van der Waals surface area contributed by atoms with Gasteiger partial charge in [0, 0.05) is 13.1 Å². The van der Waals surface area contributed by atoms with E-state index in [-0.39, 0.29) is 39.0 Å². The van der Waals surface area contributed by atoms with E-state index in [1.807, 2.05) is 32.9 Å². The second-order valence-electron chi connectivity index (χ2n) is 19.4. The Hall–Kier alpha value is -2.66. The second-order valence-corrected chi connectivity index (χ2v) is 19.4. The number of ether oxygens (including phenoxy) is 1. The van der Waals surface area contributed by atoms with Crippen LogP contribution < -0.4 is 0 Å². The van der Waals surface area contributed by atoms with Crippen LogP contribution >= 0.6 is 0 Å². The van der Waals surface area contributed by atoms with Crippen LogP contribution in [0.2, 0.25) is 0 Å². The second kappa shape index (κ2) is 12.5. The van der Waals surface area contributed by atoms with Crippen molar-refractivity contribution < 1.29 is 19.2 Å². The van der Waals surface area contributed by atoms with Crippen molar-refractivity contribution in [1.29, 1.82) is 0 Å². The summed E-state index contributed by atoms with van der Waals surface area (Å²) >= 11 is 0. The molecule has 0 heterocycles. The highest BCUT2D eigenvalue weighted by molar-refractivity contribution is 5.90. The molecule has 9 atom stereocenters. The first kappa shape index (κ1) is 37.1. The van der Waals surface area contributed by atoms with E-state index in [2.05, 4.69) is 72.4 Å². The highest BCUT2D eigenvalue weighted by Gasteiger charge is 2.70. The average molecular weight is 684 g/mol. The average Bonchev–Trinajstić information content (AvgIpc) is 3.43. The first-order valence-corrected chi connectivity index (χ1v) is 19.4. The Bertz CT molecular complexity index is 1580. The summed E-state index contributed by atoms with van der Waals surface area (Å²) in [5, 5.41) is 1.33. The molecule has 5 aliphatic rings. The van der Waals surface area contributed by atoms with Gasteiger partial charge in [0.15, 0.2) is 0 Å². The third-order valence-electron chi connectivity index (χ3n) is 15.7. The number of amides is 1. The minimum Gasteiger partial charge on any atom is -0.456 e. The van der Waals surface area contributed by atoms with Crippen LogP contribution in [0, 0.1) is 56.7 Å². The molecule has 4 saturated carbocycles. The number of allylic oxidation sites excluding steroid dienone is 4. The number of likely N-dealkylation sites (N-methyl/N-ethyl adjacent to an activating group) is 1. The fraction of sp³-hybridized carbons (Fsp3) is 0.689. The molecule has 0 spiro atoms. The number of benzene rings is 1. The SMILES string of the molecule is C=C(C)[C@@H]1CC[C@]2(/C=C/C(=O)N(C)OC)CC[C@]3(C)[C@H](CC[C@@H]4[C@@]5(C)CC=C(c6ccc(C(=O)OC(C)(C)C)cc6)C(C)(C)[C@@H]5CC[C@]43C)[C@@H]12. The zero-order chi connectivity index (χ0) is 36.7. The van der Waals surface area contributed by atoms with Gasteiger partial charge in [0.05, 0.1) is 12.7 Å². The van der Waals surface area contributed by atoms with E-state index >= 15 is 0 Å². The summed E-state index contributed by atoms with van der Waals surface area (Å²) in [6.07, 6.45) is 17.5. The normalized spacial score (nSPS) is 39.0. The molecular formula is C45H65NO4. The van der Waals surface area contributed by atoms with Crippen LogP contribution in [0.1, 0.15) is 136 Å². The Labute approximate surface area is 303 Å². The Morgan fingerprint density at radius 3 is 2.20 bits per heavy atom. The highest BCUT2D eigenvalue weighted by Crippen LogP contribution is 2.78. The quantitative estimate of drug-likeness (QED) is 0.130. The standard InChI is InChI=1S/C45H65NO4/c1-29(2)32-19-25-45(26-22-37(47)46(11)49-12)28-27-43(9)34(38(32)45)17-18-36-42(8)23-20-33(41(6,7)35(42)21-24-44(36,43)10)30-13-15-31(16-14-30)39(48)50-40(3,4)5/h13-16,20,22,26,32,34-36,38H,1,17-19,21,23-25,27-28H2,2-12H3/b26-22+/t32-,34+,35-,36+,38+,42-,43+,44+,45-/m0/s1. The Kier molecular flexibility index (Phi) is 9.27. The zero-order valence-corrected chi connectivity index (χ0v) is 33.1. The number of hydrogen-bond acceptors (Lipinski definition) is 4. The summed E-state index contributed by atoms with van der Waals surface area (Å²) in [4.78, 5) is 30.9. The summed E-state index contributed by atoms with van der Waals surface area (Å²) in [5.41, 5.74) is 4.86. The number of nitrogens with zero attached hydrogens (tertiary/aromatic N) is 1. The lowest BCUT2D eigenvalue weighted by atomic mass is 9.32. The monoisotopic (exact) mass is 683 g/mol. The number of hydrogen-bond donors (Lipinski definition) is 0. The molecule has 0 aliphatic heterocycles. The van der Waals surface area contributed by atoms with Crippen molar-refractivity contribution >= 4 is 17.4 Å². The van der Waals surface area contributed by atoms with Gasteiger partial charge in [-0.1, -0.05) is 71.1 Å². The fourth-order valence-electron chi connectivity index (χ4n) is 13.1. The van der Waals surface area contributed by atoms with Crippen LogP contribution in [0.25, 0.3) is 5.57 Å². The summed E-state index contributed by atoms with van der Waals surface area (Å²) in [6.45, 7) is 25.5. The summed E-state index contributed by atoms with van der Waals surface area (Å²) in [6, 6.07) is 8.16. The van der Waals surface area contributed by atoms with E-state index in [9.17, 15) is 9.59 Å². The van der Waals surface area contributed by atoms with Gasteiger partial charge in [-0.2, -0.15) is 0 Å². The third-order valence-corrected chi connectivity index (χ3v) is 15.7. The first-order chi connectivity index (χ1) is 23.2. The maximum atomic E-state index is 12.9. The Morgan fingerprint density at radius 2 is 1.58 bits per heavy atom. The van der Waals surface area contributed by atoms with Gasteiger partial charge in [-0.05, 0) is 165 Å². The van der Waals surface area contributed by atoms with Crippen molar-refractivity contribution in [3.8, 4) is 0 Å². The van der Waals surface area contributed by atoms with Crippen LogP contribution in [-0.2, 0) is 14.4 Å². The molecule has 5 heteroatoms. The van der Waals surface area contributed by atoms with Crippen LogP contribution in [-0.4, -0.2) is 36.7 Å². The predicted molar refractivity (Wildman–Crippen MR) is 203 cm³/mol. The van der Waals surface area contributed by atoms with Crippen molar-refractivity contribution in [2.24, 2.45) is 56.7 Å². The van der Waals surface area contributed by atoms with Crippen LogP contribution in [0.4, 0.5) is 0 Å². The number of esters is 1. The molecule has 4 fully saturated rings. The van der Waals surface area contributed by atoms with Crippen molar-refractivity contribution in [2.45, 2.75) is 126 Å². The van der Waals surface area contributed by atoms with Crippen LogP contribution in [0.5, 0.6) is 0 Å². The van der Waals surface area contributed by atoms with Gasteiger partial charge in [-0.3, -0.25) is 9.63 Å². The topological polar surface area (TPSA) is 55.8 Å². The van der Waals surface area contributed by atoms with Crippen molar-refractivity contribution in [3.05, 3.63) is 65.8 Å². The number of carbonyl (C=O) groups excluding carboxylic acids is 2. The van der Waals surface area contributed by atoms with Gasteiger partial charge in [-0.15, -0.1) is 0 Å². The van der Waals surface area contributed by atoms with Crippen molar-refractivity contribution in [1.82, 2.24) is 5.06 Å². The highest BCUT2D eigenvalue weighted by atomic mass is 16.7. The lowest BCUT2D eigenvalue weighted by Crippen LogP contribution is -2.65. The van der Waals surface area contributed by atoms with Crippen molar-refractivity contribution in [2.75, 3.05) is 14.2 Å². The van der Waals surface area contributed by atoms with E-state index in [0.717, 1.165) is 19.3 Å². The molecular weight excluding hydrogens is 618 g/mol. The third kappa shape index (κ3) is 5.67.